The minimum absolute atomic E-state index is 0.504. The standard InChI is InChI=1S/C16H14F3NO2/c1-9(10-5-3-4-6-13(10)22-2)20-16(21)11-7-8-12(17)15(19)14(11)18/h3-9H,1-2H3,(H,20,21). The number of methoxy groups -OCH3 is 1. The number of ether oxygens (including phenoxy) is 1. The fourth-order valence-electron chi connectivity index (χ4n) is 2.08. The molecule has 0 radical (unpaired) electrons. The fraction of sp³-hybridized carbons (Fsp3) is 0.188. The zero-order chi connectivity index (χ0) is 16.3. The predicted molar refractivity (Wildman–Crippen MR) is 75.2 cm³/mol. The minimum atomic E-state index is -1.67. The first-order valence-corrected chi connectivity index (χ1v) is 6.53. The average molecular weight is 309 g/mol. The highest BCUT2D eigenvalue weighted by molar-refractivity contribution is 5.94. The molecule has 0 aliphatic heterocycles. The van der Waals surface area contributed by atoms with Crippen molar-refractivity contribution in [2.24, 2.45) is 0 Å². The molecule has 0 aliphatic rings. The van der Waals surface area contributed by atoms with E-state index in [4.69, 9.17) is 4.74 Å². The van der Waals surface area contributed by atoms with Crippen LogP contribution in [0.2, 0.25) is 0 Å². The Kier molecular flexibility index (Phi) is 4.70. The Morgan fingerprint density at radius 3 is 2.45 bits per heavy atom. The highest BCUT2D eigenvalue weighted by Gasteiger charge is 2.21. The lowest BCUT2D eigenvalue weighted by Crippen LogP contribution is -2.28. The van der Waals surface area contributed by atoms with Gasteiger partial charge < -0.3 is 10.1 Å². The molecular formula is C16H14F3NO2. The van der Waals surface area contributed by atoms with Crippen LogP contribution in [-0.4, -0.2) is 13.0 Å². The van der Waals surface area contributed by atoms with Gasteiger partial charge in [0.25, 0.3) is 5.91 Å². The second kappa shape index (κ2) is 6.51. The molecule has 1 unspecified atom stereocenters. The van der Waals surface area contributed by atoms with Crippen molar-refractivity contribution in [3.05, 3.63) is 65.0 Å². The van der Waals surface area contributed by atoms with Gasteiger partial charge in [-0.3, -0.25) is 4.79 Å². The molecule has 1 amide bonds. The smallest absolute Gasteiger partial charge is 0.254 e. The van der Waals surface area contributed by atoms with Crippen molar-refractivity contribution in [2.75, 3.05) is 7.11 Å². The number of halogens is 3. The van der Waals surface area contributed by atoms with Gasteiger partial charge in [0.1, 0.15) is 5.75 Å². The van der Waals surface area contributed by atoms with Gasteiger partial charge in [0.05, 0.1) is 18.7 Å². The molecule has 2 aromatic carbocycles. The van der Waals surface area contributed by atoms with Crippen LogP contribution in [0.25, 0.3) is 0 Å². The van der Waals surface area contributed by atoms with Crippen molar-refractivity contribution >= 4 is 5.91 Å². The van der Waals surface area contributed by atoms with Crippen LogP contribution in [-0.2, 0) is 0 Å². The largest absolute Gasteiger partial charge is 0.496 e. The van der Waals surface area contributed by atoms with Crippen LogP contribution in [0, 0.1) is 17.5 Å². The van der Waals surface area contributed by atoms with Crippen LogP contribution < -0.4 is 10.1 Å². The molecule has 22 heavy (non-hydrogen) atoms. The van der Waals surface area contributed by atoms with Gasteiger partial charge in [0.15, 0.2) is 17.5 Å². The van der Waals surface area contributed by atoms with E-state index in [2.05, 4.69) is 5.32 Å². The highest BCUT2D eigenvalue weighted by Crippen LogP contribution is 2.25. The number of rotatable bonds is 4. The maximum absolute atomic E-state index is 13.6. The van der Waals surface area contributed by atoms with Crippen molar-refractivity contribution in [3.63, 3.8) is 0 Å². The van der Waals surface area contributed by atoms with Gasteiger partial charge in [0, 0.05) is 5.56 Å². The lowest BCUT2D eigenvalue weighted by molar-refractivity contribution is 0.0934. The summed E-state index contributed by atoms with van der Waals surface area (Å²) in [4.78, 5) is 12.0. The number of nitrogens with one attached hydrogen (secondary N) is 1. The van der Waals surface area contributed by atoms with Crippen LogP contribution in [0.15, 0.2) is 36.4 Å². The number of hydrogen-bond acceptors (Lipinski definition) is 2. The van der Waals surface area contributed by atoms with Crippen molar-refractivity contribution in [1.82, 2.24) is 5.32 Å². The van der Waals surface area contributed by atoms with Crippen LogP contribution in [0.3, 0.4) is 0 Å². The van der Waals surface area contributed by atoms with Gasteiger partial charge in [-0.15, -0.1) is 0 Å². The predicted octanol–water partition coefficient (Wildman–Crippen LogP) is 3.60. The zero-order valence-corrected chi connectivity index (χ0v) is 12.0. The van der Waals surface area contributed by atoms with E-state index in [9.17, 15) is 18.0 Å². The van der Waals surface area contributed by atoms with E-state index in [0.717, 1.165) is 6.07 Å². The van der Waals surface area contributed by atoms with Crippen molar-refractivity contribution in [2.45, 2.75) is 13.0 Å². The summed E-state index contributed by atoms with van der Waals surface area (Å²) in [6.45, 7) is 1.67. The number of para-hydroxylation sites is 1. The molecule has 6 heteroatoms. The normalized spacial score (nSPS) is 11.9. The summed E-state index contributed by atoms with van der Waals surface area (Å²) >= 11 is 0. The molecule has 0 aliphatic carbocycles. The first-order chi connectivity index (χ1) is 10.5. The number of hydrogen-bond donors (Lipinski definition) is 1. The van der Waals surface area contributed by atoms with E-state index in [1.807, 2.05) is 0 Å². The molecular weight excluding hydrogens is 295 g/mol. The maximum Gasteiger partial charge on any atom is 0.254 e. The van der Waals surface area contributed by atoms with Crippen molar-refractivity contribution in [3.8, 4) is 5.75 Å². The molecule has 3 nitrogen and oxygen atoms in total. The third-order valence-electron chi connectivity index (χ3n) is 3.23. The Bertz CT molecular complexity index is 704. The lowest BCUT2D eigenvalue weighted by Gasteiger charge is -2.17. The number of carbonyl (C=O) groups excluding carboxylic acids is 1. The molecule has 0 bridgehead atoms. The Labute approximate surface area is 125 Å². The Balaban J connectivity index is 2.24. The van der Waals surface area contributed by atoms with Crippen LogP contribution in [0.1, 0.15) is 28.9 Å². The average Bonchev–Trinajstić information content (AvgIpc) is 2.52. The summed E-state index contributed by atoms with van der Waals surface area (Å²) in [6.07, 6.45) is 0. The summed E-state index contributed by atoms with van der Waals surface area (Å²) < 4.78 is 44.9. The summed E-state index contributed by atoms with van der Waals surface area (Å²) in [7, 11) is 1.49. The van der Waals surface area contributed by atoms with Crippen molar-refractivity contribution < 1.29 is 22.7 Å². The third-order valence-corrected chi connectivity index (χ3v) is 3.23. The molecule has 2 rings (SSSR count). The quantitative estimate of drug-likeness (QED) is 0.876. The summed E-state index contributed by atoms with van der Waals surface area (Å²) in [5.74, 6) is -4.80. The summed E-state index contributed by atoms with van der Waals surface area (Å²) in [5.41, 5.74) is 0.127. The molecule has 1 N–H and O–H groups in total. The second-order valence-electron chi connectivity index (χ2n) is 4.66. The van der Waals surface area contributed by atoms with E-state index in [1.165, 1.54) is 7.11 Å². The minimum Gasteiger partial charge on any atom is -0.496 e. The number of carbonyl (C=O) groups is 1. The second-order valence-corrected chi connectivity index (χ2v) is 4.66. The Morgan fingerprint density at radius 1 is 1.09 bits per heavy atom. The van der Waals surface area contributed by atoms with Crippen LogP contribution in [0.4, 0.5) is 13.2 Å². The van der Waals surface area contributed by atoms with Gasteiger partial charge in [-0.2, -0.15) is 0 Å². The fourth-order valence-corrected chi connectivity index (χ4v) is 2.08. The van der Waals surface area contributed by atoms with E-state index in [0.29, 0.717) is 17.4 Å². The zero-order valence-electron chi connectivity index (χ0n) is 12.0. The molecule has 0 heterocycles. The molecule has 0 aromatic heterocycles. The van der Waals surface area contributed by atoms with Gasteiger partial charge >= 0.3 is 0 Å². The first kappa shape index (κ1) is 15.9. The third kappa shape index (κ3) is 3.05. The van der Waals surface area contributed by atoms with E-state index in [1.54, 1.807) is 31.2 Å². The molecule has 0 saturated carbocycles. The topological polar surface area (TPSA) is 38.3 Å². The van der Waals surface area contributed by atoms with Gasteiger partial charge in [-0.25, -0.2) is 13.2 Å². The van der Waals surface area contributed by atoms with Crippen LogP contribution in [0.5, 0.6) is 5.75 Å². The highest BCUT2D eigenvalue weighted by atomic mass is 19.2. The Morgan fingerprint density at radius 2 is 1.77 bits per heavy atom. The lowest BCUT2D eigenvalue weighted by atomic mass is 10.1. The Hall–Kier alpha value is -2.50. The summed E-state index contributed by atoms with van der Waals surface area (Å²) in [6, 6.07) is 8.10. The van der Waals surface area contributed by atoms with E-state index >= 15 is 0 Å². The molecule has 0 spiro atoms. The number of benzene rings is 2. The molecule has 2 aromatic rings. The monoisotopic (exact) mass is 309 g/mol. The molecule has 116 valence electrons. The SMILES string of the molecule is COc1ccccc1C(C)NC(=O)c1ccc(F)c(F)c1F. The van der Waals surface area contributed by atoms with E-state index in [-0.39, 0.29) is 0 Å². The van der Waals surface area contributed by atoms with Crippen molar-refractivity contribution in [1.29, 1.82) is 0 Å². The number of amides is 1. The first-order valence-electron chi connectivity index (χ1n) is 6.53. The summed E-state index contributed by atoms with van der Waals surface area (Å²) in [5, 5.41) is 2.53. The van der Waals surface area contributed by atoms with Gasteiger partial charge in [0.2, 0.25) is 0 Å². The van der Waals surface area contributed by atoms with Gasteiger partial charge in [-0.05, 0) is 25.1 Å². The molecule has 0 saturated heterocycles. The molecule has 0 fully saturated rings. The molecule has 1 atom stereocenters. The van der Waals surface area contributed by atoms with E-state index < -0.39 is 35.0 Å². The van der Waals surface area contributed by atoms with Crippen LogP contribution >= 0.6 is 0 Å². The maximum atomic E-state index is 13.6. The van der Waals surface area contributed by atoms with Gasteiger partial charge in [-0.1, -0.05) is 18.2 Å².